The molecule has 1 fully saturated rings. The van der Waals surface area contributed by atoms with Crippen LogP contribution < -0.4 is 11.0 Å². The van der Waals surface area contributed by atoms with Crippen molar-refractivity contribution in [3.8, 4) is 5.69 Å². The molecule has 1 saturated carbocycles. The molecule has 1 aliphatic carbocycles. The lowest BCUT2D eigenvalue weighted by Gasteiger charge is -2.25. The molecule has 1 aliphatic rings. The van der Waals surface area contributed by atoms with Crippen molar-refractivity contribution in [2.45, 2.75) is 32.0 Å². The van der Waals surface area contributed by atoms with Crippen LogP contribution in [0.25, 0.3) is 11.2 Å². The maximum atomic E-state index is 13.6. The van der Waals surface area contributed by atoms with Crippen LogP contribution in [0.1, 0.15) is 30.4 Å². The average Bonchev–Trinajstić information content (AvgIpc) is 2.93. The number of nitrogens with one attached hydrogen (secondary N) is 1. The van der Waals surface area contributed by atoms with E-state index in [0.717, 1.165) is 17.0 Å². The summed E-state index contributed by atoms with van der Waals surface area (Å²) in [6.45, 7) is 1.10. The van der Waals surface area contributed by atoms with Crippen molar-refractivity contribution in [1.82, 2.24) is 14.3 Å². The summed E-state index contributed by atoms with van der Waals surface area (Å²) in [5, 5.41) is 3.22. The number of imidazole rings is 1. The van der Waals surface area contributed by atoms with E-state index in [-0.39, 0.29) is 5.52 Å². The Kier molecular flexibility index (Phi) is 4.55. The van der Waals surface area contributed by atoms with Gasteiger partial charge in [0.1, 0.15) is 0 Å². The van der Waals surface area contributed by atoms with E-state index in [9.17, 15) is 18.0 Å². The fraction of sp³-hybridized carbons (Fsp3) is 0.350. The van der Waals surface area contributed by atoms with Crippen molar-refractivity contribution in [2.24, 2.45) is 5.92 Å². The molecule has 27 heavy (non-hydrogen) atoms. The van der Waals surface area contributed by atoms with Gasteiger partial charge < -0.3 is 5.32 Å². The standard InChI is InChI=1S/C20H20F3N3O/c21-20(22,23)17-9-15(11-24-10-14-5-4-6-14)12-26-18(17)13-25(19(26)27)16-7-2-1-3-8-16/h1-3,7-9,12-14,24H,4-6,10-11H2. The van der Waals surface area contributed by atoms with Gasteiger partial charge in [-0.1, -0.05) is 24.6 Å². The van der Waals surface area contributed by atoms with E-state index in [1.54, 1.807) is 30.3 Å². The summed E-state index contributed by atoms with van der Waals surface area (Å²) < 4.78 is 43.2. The van der Waals surface area contributed by atoms with E-state index in [1.165, 1.54) is 36.2 Å². The number of pyridine rings is 1. The molecular weight excluding hydrogens is 355 g/mol. The molecule has 2 aromatic heterocycles. The van der Waals surface area contributed by atoms with Gasteiger partial charge in [-0.3, -0.25) is 8.97 Å². The number of rotatable bonds is 5. The normalized spacial score (nSPS) is 15.2. The minimum atomic E-state index is -4.54. The molecule has 0 spiro atoms. The van der Waals surface area contributed by atoms with Gasteiger partial charge in [-0.15, -0.1) is 0 Å². The van der Waals surface area contributed by atoms with Crippen molar-refractivity contribution < 1.29 is 13.2 Å². The Hall–Kier alpha value is -2.54. The van der Waals surface area contributed by atoms with E-state index in [1.807, 2.05) is 0 Å². The van der Waals surface area contributed by atoms with Gasteiger partial charge in [-0.25, -0.2) is 4.79 Å². The zero-order chi connectivity index (χ0) is 19.0. The minimum absolute atomic E-state index is 0.140. The van der Waals surface area contributed by atoms with Gasteiger partial charge >= 0.3 is 11.9 Å². The van der Waals surface area contributed by atoms with Crippen molar-refractivity contribution >= 4 is 5.52 Å². The maximum Gasteiger partial charge on any atom is 0.418 e. The number of halogens is 3. The molecule has 3 aromatic rings. The Bertz CT molecular complexity index is 1000. The second-order valence-corrected chi connectivity index (χ2v) is 7.06. The van der Waals surface area contributed by atoms with E-state index < -0.39 is 17.4 Å². The zero-order valence-electron chi connectivity index (χ0n) is 14.7. The number of alkyl halides is 3. The molecule has 0 amide bonds. The quantitative estimate of drug-likeness (QED) is 0.732. The van der Waals surface area contributed by atoms with Gasteiger partial charge in [0.2, 0.25) is 0 Å². The molecule has 1 aromatic carbocycles. The van der Waals surface area contributed by atoms with Gasteiger partial charge in [-0.05, 0) is 49.1 Å². The van der Waals surface area contributed by atoms with E-state index in [4.69, 9.17) is 0 Å². The summed E-state index contributed by atoms with van der Waals surface area (Å²) in [5.74, 6) is 0.609. The summed E-state index contributed by atoms with van der Waals surface area (Å²) in [6, 6.07) is 9.79. The Morgan fingerprint density at radius 1 is 1.11 bits per heavy atom. The highest BCUT2D eigenvalue weighted by Gasteiger charge is 2.34. The van der Waals surface area contributed by atoms with Crippen LogP contribution in [0.15, 0.2) is 53.6 Å². The number of fused-ring (bicyclic) bond motifs is 1. The lowest BCUT2D eigenvalue weighted by atomic mass is 9.85. The molecule has 0 aliphatic heterocycles. The third-order valence-corrected chi connectivity index (χ3v) is 5.15. The van der Waals surface area contributed by atoms with Gasteiger partial charge in [0, 0.05) is 18.9 Å². The predicted molar refractivity (Wildman–Crippen MR) is 97.0 cm³/mol. The van der Waals surface area contributed by atoms with E-state index >= 15 is 0 Å². The van der Waals surface area contributed by atoms with Gasteiger partial charge in [-0.2, -0.15) is 13.2 Å². The first-order chi connectivity index (χ1) is 12.9. The fourth-order valence-corrected chi connectivity index (χ4v) is 3.46. The Morgan fingerprint density at radius 3 is 2.48 bits per heavy atom. The smallest absolute Gasteiger partial charge is 0.312 e. The SMILES string of the molecule is O=c1n(-c2ccccc2)cc2c(C(F)(F)F)cc(CNCC3CCC3)cn12. The molecule has 2 heterocycles. The number of nitrogens with zero attached hydrogens (tertiary/aromatic N) is 2. The van der Waals surface area contributed by atoms with Crippen molar-refractivity contribution in [3.05, 3.63) is 70.4 Å². The average molecular weight is 375 g/mol. The largest absolute Gasteiger partial charge is 0.418 e. The van der Waals surface area contributed by atoms with Crippen molar-refractivity contribution in [2.75, 3.05) is 6.54 Å². The van der Waals surface area contributed by atoms with Crippen LogP contribution in [0.4, 0.5) is 13.2 Å². The summed E-state index contributed by atoms with van der Waals surface area (Å²) >= 11 is 0. The first kappa shape index (κ1) is 17.9. The van der Waals surface area contributed by atoms with Gasteiger partial charge in [0.25, 0.3) is 0 Å². The van der Waals surface area contributed by atoms with Crippen molar-refractivity contribution in [3.63, 3.8) is 0 Å². The third kappa shape index (κ3) is 3.51. The summed E-state index contributed by atoms with van der Waals surface area (Å²) in [5.41, 5.74) is -0.468. The molecule has 1 N–H and O–H groups in total. The topological polar surface area (TPSA) is 38.4 Å². The molecule has 142 valence electrons. The highest BCUT2D eigenvalue weighted by molar-refractivity contribution is 5.57. The maximum absolute atomic E-state index is 13.6. The monoisotopic (exact) mass is 375 g/mol. The molecular formula is C20H20F3N3O. The highest BCUT2D eigenvalue weighted by Crippen LogP contribution is 2.33. The van der Waals surface area contributed by atoms with Crippen LogP contribution in [0.5, 0.6) is 0 Å². The molecule has 4 rings (SSSR count). The molecule has 0 radical (unpaired) electrons. The van der Waals surface area contributed by atoms with Crippen LogP contribution >= 0.6 is 0 Å². The van der Waals surface area contributed by atoms with Crippen molar-refractivity contribution in [1.29, 1.82) is 0 Å². The molecule has 0 saturated heterocycles. The Balaban J connectivity index is 1.75. The lowest BCUT2D eigenvalue weighted by Crippen LogP contribution is -2.27. The first-order valence-electron chi connectivity index (χ1n) is 9.03. The van der Waals surface area contributed by atoms with Crippen LogP contribution in [0.2, 0.25) is 0 Å². The molecule has 0 bridgehead atoms. The second kappa shape index (κ2) is 6.88. The number of para-hydroxylation sites is 1. The molecule has 0 atom stereocenters. The molecule has 0 unspecified atom stereocenters. The van der Waals surface area contributed by atoms with E-state index in [0.29, 0.717) is 23.7 Å². The van der Waals surface area contributed by atoms with Crippen LogP contribution in [0.3, 0.4) is 0 Å². The number of hydrogen-bond donors (Lipinski definition) is 1. The second-order valence-electron chi connectivity index (χ2n) is 7.06. The summed E-state index contributed by atoms with van der Waals surface area (Å²) in [4.78, 5) is 12.7. The molecule has 4 nitrogen and oxygen atoms in total. The first-order valence-corrected chi connectivity index (χ1v) is 9.03. The van der Waals surface area contributed by atoms with Gasteiger partial charge in [0.15, 0.2) is 0 Å². The van der Waals surface area contributed by atoms with E-state index in [2.05, 4.69) is 5.32 Å². The highest BCUT2D eigenvalue weighted by atomic mass is 19.4. The molecule has 7 heteroatoms. The third-order valence-electron chi connectivity index (χ3n) is 5.15. The summed E-state index contributed by atoms with van der Waals surface area (Å²) in [7, 11) is 0. The fourth-order valence-electron chi connectivity index (χ4n) is 3.46. The number of benzene rings is 1. The lowest BCUT2D eigenvalue weighted by molar-refractivity contribution is -0.136. The van der Waals surface area contributed by atoms with Crippen LogP contribution in [-0.4, -0.2) is 15.5 Å². The predicted octanol–water partition coefficient (Wildman–Crippen LogP) is 4.00. The number of hydrogen-bond acceptors (Lipinski definition) is 2. The Morgan fingerprint density at radius 2 is 1.85 bits per heavy atom. The Labute approximate surface area is 154 Å². The minimum Gasteiger partial charge on any atom is -0.312 e. The summed E-state index contributed by atoms with van der Waals surface area (Å²) in [6.07, 6.45) is 1.77. The van der Waals surface area contributed by atoms with Crippen LogP contribution in [0, 0.1) is 5.92 Å². The zero-order valence-corrected chi connectivity index (χ0v) is 14.7. The van der Waals surface area contributed by atoms with Crippen LogP contribution in [-0.2, 0) is 12.7 Å². The number of aromatic nitrogens is 2. The van der Waals surface area contributed by atoms with Gasteiger partial charge in [0.05, 0.1) is 16.8 Å².